The van der Waals surface area contributed by atoms with Crippen LogP contribution in [-0.2, 0) is 4.79 Å². The standard InChI is InChI=1S/C26H27N3O3/c30-25(19-27-21-13-15-24(16-14-21)32-23-7-3-1-4-8-23)28-22-11-9-20(10-12-22)26(31)29-17-5-2-6-18-29/h1,3-4,7-16,27H,2,5-6,17-19H2,(H,28,30). The first kappa shape index (κ1) is 21.4. The van der Waals surface area contributed by atoms with Crippen LogP contribution in [0.4, 0.5) is 11.4 Å². The number of nitrogens with zero attached hydrogens (tertiary/aromatic N) is 1. The number of rotatable bonds is 7. The molecule has 3 aromatic carbocycles. The third kappa shape index (κ3) is 5.88. The molecule has 1 heterocycles. The Morgan fingerprint density at radius 1 is 0.750 bits per heavy atom. The summed E-state index contributed by atoms with van der Waals surface area (Å²) < 4.78 is 5.77. The molecule has 164 valence electrons. The minimum Gasteiger partial charge on any atom is -0.457 e. The van der Waals surface area contributed by atoms with Crippen LogP contribution < -0.4 is 15.4 Å². The van der Waals surface area contributed by atoms with Crippen molar-refractivity contribution in [3.63, 3.8) is 0 Å². The van der Waals surface area contributed by atoms with Crippen molar-refractivity contribution in [1.29, 1.82) is 0 Å². The number of piperidine rings is 1. The molecule has 0 atom stereocenters. The van der Waals surface area contributed by atoms with Crippen LogP contribution in [-0.4, -0.2) is 36.3 Å². The highest BCUT2D eigenvalue weighted by atomic mass is 16.5. The van der Waals surface area contributed by atoms with E-state index in [0.717, 1.165) is 43.1 Å². The molecule has 1 saturated heterocycles. The van der Waals surface area contributed by atoms with Crippen LogP contribution in [0.2, 0.25) is 0 Å². The van der Waals surface area contributed by atoms with Gasteiger partial charge in [0.2, 0.25) is 5.91 Å². The van der Waals surface area contributed by atoms with Gasteiger partial charge < -0.3 is 20.3 Å². The second kappa shape index (κ2) is 10.5. The zero-order valence-electron chi connectivity index (χ0n) is 17.9. The van der Waals surface area contributed by atoms with Crippen LogP contribution in [0.3, 0.4) is 0 Å². The number of hydrogen-bond donors (Lipinski definition) is 2. The Labute approximate surface area is 188 Å². The van der Waals surface area contributed by atoms with Crippen molar-refractivity contribution in [3.05, 3.63) is 84.4 Å². The highest BCUT2D eigenvalue weighted by molar-refractivity contribution is 5.96. The molecule has 0 aromatic heterocycles. The van der Waals surface area contributed by atoms with E-state index in [1.54, 1.807) is 24.3 Å². The SMILES string of the molecule is O=C(CNc1ccc(Oc2ccccc2)cc1)Nc1ccc(C(=O)N2CCCCC2)cc1. The van der Waals surface area contributed by atoms with Crippen molar-refractivity contribution >= 4 is 23.2 Å². The van der Waals surface area contributed by atoms with Crippen molar-refractivity contribution in [3.8, 4) is 11.5 Å². The topological polar surface area (TPSA) is 70.7 Å². The van der Waals surface area contributed by atoms with E-state index < -0.39 is 0 Å². The quantitative estimate of drug-likeness (QED) is 0.545. The van der Waals surface area contributed by atoms with Gasteiger partial charge in [-0.25, -0.2) is 0 Å². The Kier molecular flexibility index (Phi) is 7.02. The molecule has 3 aromatic rings. The molecule has 1 aliphatic rings. The molecule has 2 amide bonds. The summed E-state index contributed by atoms with van der Waals surface area (Å²) in [4.78, 5) is 26.7. The molecule has 1 aliphatic heterocycles. The molecule has 0 bridgehead atoms. The summed E-state index contributed by atoms with van der Waals surface area (Å²) in [5.74, 6) is 1.40. The van der Waals surface area contributed by atoms with E-state index in [0.29, 0.717) is 11.3 Å². The molecule has 6 heteroatoms. The lowest BCUT2D eigenvalue weighted by molar-refractivity contribution is -0.114. The predicted molar refractivity (Wildman–Crippen MR) is 126 cm³/mol. The number of carbonyl (C=O) groups excluding carboxylic acids is 2. The smallest absolute Gasteiger partial charge is 0.253 e. The molecule has 0 unspecified atom stereocenters. The van der Waals surface area contributed by atoms with E-state index in [2.05, 4.69) is 10.6 Å². The monoisotopic (exact) mass is 429 g/mol. The van der Waals surface area contributed by atoms with Gasteiger partial charge in [0.1, 0.15) is 11.5 Å². The van der Waals surface area contributed by atoms with Gasteiger partial charge in [-0.05, 0) is 79.9 Å². The highest BCUT2D eigenvalue weighted by Crippen LogP contribution is 2.22. The molecule has 0 saturated carbocycles. The second-order valence-electron chi connectivity index (χ2n) is 7.77. The molecule has 0 radical (unpaired) electrons. The zero-order chi connectivity index (χ0) is 22.2. The number of benzene rings is 3. The number of nitrogens with one attached hydrogen (secondary N) is 2. The first-order valence-electron chi connectivity index (χ1n) is 10.9. The summed E-state index contributed by atoms with van der Waals surface area (Å²) in [6.07, 6.45) is 3.32. The maximum atomic E-state index is 12.5. The molecular weight excluding hydrogens is 402 g/mol. The number of anilines is 2. The summed E-state index contributed by atoms with van der Waals surface area (Å²) in [5.41, 5.74) is 2.14. The predicted octanol–water partition coefficient (Wildman–Crippen LogP) is 5.16. The molecule has 0 spiro atoms. The van der Waals surface area contributed by atoms with Gasteiger partial charge in [0.25, 0.3) is 5.91 Å². The first-order valence-corrected chi connectivity index (χ1v) is 10.9. The van der Waals surface area contributed by atoms with Crippen LogP contribution in [0.25, 0.3) is 0 Å². The number of amides is 2. The van der Waals surface area contributed by atoms with Gasteiger partial charge in [0, 0.05) is 30.0 Å². The lowest BCUT2D eigenvalue weighted by atomic mass is 10.1. The fourth-order valence-electron chi connectivity index (χ4n) is 3.63. The molecular formula is C26H27N3O3. The third-order valence-electron chi connectivity index (χ3n) is 5.35. The van der Waals surface area contributed by atoms with Gasteiger partial charge in [-0.2, -0.15) is 0 Å². The van der Waals surface area contributed by atoms with Crippen molar-refractivity contribution in [2.75, 3.05) is 30.3 Å². The average molecular weight is 430 g/mol. The van der Waals surface area contributed by atoms with Crippen LogP contribution in [0, 0.1) is 0 Å². The van der Waals surface area contributed by atoms with Crippen LogP contribution in [0.15, 0.2) is 78.9 Å². The van der Waals surface area contributed by atoms with Gasteiger partial charge in [-0.1, -0.05) is 18.2 Å². The largest absolute Gasteiger partial charge is 0.457 e. The average Bonchev–Trinajstić information content (AvgIpc) is 2.85. The lowest BCUT2D eigenvalue weighted by Gasteiger charge is -2.26. The van der Waals surface area contributed by atoms with E-state index in [1.807, 2.05) is 59.5 Å². The van der Waals surface area contributed by atoms with E-state index >= 15 is 0 Å². The number of hydrogen-bond acceptors (Lipinski definition) is 4. The molecule has 0 aliphatic carbocycles. The van der Waals surface area contributed by atoms with Crippen LogP contribution >= 0.6 is 0 Å². The van der Waals surface area contributed by atoms with Gasteiger partial charge in [0.05, 0.1) is 6.54 Å². The van der Waals surface area contributed by atoms with Crippen molar-refractivity contribution < 1.29 is 14.3 Å². The summed E-state index contributed by atoms with van der Waals surface area (Å²) in [7, 11) is 0. The third-order valence-corrected chi connectivity index (χ3v) is 5.35. The Bertz CT molecular complexity index is 1030. The Balaban J connectivity index is 1.24. The Morgan fingerprint density at radius 3 is 2.06 bits per heavy atom. The van der Waals surface area contributed by atoms with Crippen molar-refractivity contribution in [2.24, 2.45) is 0 Å². The summed E-state index contributed by atoms with van der Waals surface area (Å²) >= 11 is 0. The van der Waals surface area contributed by atoms with Crippen molar-refractivity contribution in [1.82, 2.24) is 4.90 Å². The number of carbonyl (C=O) groups is 2. The molecule has 4 rings (SSSR count). The number of ether oxygens (including phenoxy) is 1. The van der Waals surface area contributed by atoms with Crippen molar-refractivity contribution in [2.45, 2.75) is 19.3 Å². The maximum Gasteiger partial charge on any atom is 0.253 e. The van der Waals surface area contributed by atoms with Gasteiger partial charge in [0.15, 0.2) is 0 Å². The van der Waals surface area contributed by atoms with Crippen LogP contribution in [0.1, 0.15) is 29.6 Å². The fraction of sp³-hybridized carbons (Fsp3) is 0.231. The summed E-state index contributed by atoms with van der Waals surface area (Å²) in [5, 5.41) is 5.95. The number of likely N-dealkylation sites (tertiary alicyclic amines) is 1. The van der Waals surface area contributed by atoms with E-state index in [9.17, 15) is 9.59 Å². The first-order chi connectivity index (χ1) is 15.7. The summed E-state index contributed by atoms with van der Waals surface area (Å²) in [6, 6.07) is 24.1. The lowest BCUT2D eigenvalue weighted by Crippen LogP contribution is -2.35. The Morgan fingerprint density at radius 2 is 1.38 bits per heavy atom. The molecule has 6 nitrogen and oxygen atoms in total. The molecule has 2 N–H and O–H groups in total. The number of para-hydroxylation sites is 1. The molecule has 1 fully saturated rings. The van der Waals surface area contributed by atoms with E-state index in [1.165, 1.54) is 6.42 Å². The molecule has 32 heavy (non-hydrogen) atoms. The normalized spacial score (nSPS) is 13.3. The van der Waals surface area contributed by atoms with Gasteiger partial charge in [-0.3, -0.25) is 9.59 Å². The van der Waals surface area contributed by atoms with Gasteiger partial charge in [-0.15, -0.1) is 0 Å². The maximum absolute atomic E-state index is 12.5. The minimum absolute atomic E-state index is 0.0592. The van der Waals surface area contributed by atoms with E-state index in [4.69, 9.17) is 4.74 Å². The summed E-state index contributed by atoms with van der Waals surface area (Å²) in [6.45, 7) is 1.78. The fourth-order valence-corrected chi connectivity index (χ4v) is 3.63. The van der Waals surface area contributed by atoms with E-state index in [-0.39, 0.29) is 18.4 Å². The van der Waals surface area contributed by atoms with Crippen LogP contribution in [0.5, 0.6) is 11.5 Å². The second-order valence-corrected chi connectivity index (χ2v) is 7.77. The Hall–Kier alpha value is -3.80. The minimum atomic E-state index is -0.162. The zero-order valence-corrected chi connectivity index (χ0v) is 17.9. The van der Waals surface area contributed by atoms with Gasteiger partial charge >= 0.3 is 0 Å². The highest BCUT2D eigenvalue weighted by Gasteiger charge is 2.18.